The van der Waals surface area contributed by atoms with Crippen molar-refractivity contribution in [2.45, 2.75) is 32.2 Å². The third-order valence-electron chi connectivity index (χ3n) is 6.56. The van der Waals surface area contributed by atoms with Gasteiger partial charge < -0.3 is 10.2 Å². The van der Waals surface area contributed by atoms with Crippen molar-refractivity contribution in [3.63, 3.8) is 0 Å². The first-order valence-corrected chi connectivity index (χ1v) is 13.5. The van der Waals surface area contributed by atoms with E-state index in [1.807, 2.05) is 4.91 Å². The number of hydrogen-bond donors (Lipinski definition) is 1. The zero-order valence-electron chi connectivity index (χ0n) is 25.2. The normalized spacial score (nSPS) is 12.9. The number of azide groups is 1. The zero-order chi connectivity index (χ0) is 40.4. The molecule has 3 aromatic carbocycles. The monoisotopic (exact) mass is 779 g/mol. The van der Waals surface area contributed by atoms with Gasteiger partial charge in [-0.3, -0.25) is 19.2 Å². The van der Waals surface area contributed by atoms with Gasteiger partial charge in [0.1, 0.15) is 16.8 Å². The maximum atomic E-state index is 13.7. The lowest BCUT2D eigenvalue weighted by atomic mass is 10.0. The van der Waals surface area contributed by atoms with E-state index >= 15 is 0 Å². The number of ketones is 1. The molecule has 4 rings (SSSR count). The number of rotatable bonds is 8. The van der Waals surface area contributed by atoms with Crippen LogP contribution in [-0.4, -0.2) is 40.6 Å². The molecule has 3 aromatic rings. The van der Waals surface area contributed by atoms with E-state index in [0.29, 0.717) is 0 Å². The number of benzene rings is 3. The molecule has 1 unspecified atom stereocenters. The highest BCUT2D eigenvalue weighted by Gasteiger charge is 2.37. The standard InChI is InChI=1S/C17H7F10NO2.C11H4F4N4O4/c1-3(2-4(29)5-7(18)11(22)15(26)12(23)8(5)19)28-17(30)6-9(20)13(24)16(27)14(25)10(6)21;12-6-5(7(13)9(15)10(8(6)14)17-18-16)11(22)23-19-3(20)1-2-4(19)21/h3H,2H2,1H3,(H,28,30);1-2H2. The van der Waals surface area contributed by atoms with E-state index in [9.17, 15) is 85.4 Å². The van der Waals surface area contributed by atoms with Gasteiger partial charge >= 0.3 is 5.97 Å². The van der Waals surface area contributed by atoms with Gasteiger partial charge in [0.15, 0.2) is 75.6 Å². The lowest BCUT2D eigenvalue weighted by molar-refractivity contribution is -0.172. The molecule has 1 saturated heterocycles. The van der Waals surface area contributed by atoms with Crippen LogP contribution in [-0.2, 0) is 14.4 Å². The van der Waals surface area contributed by atoms with Crippen LogP contribution in [0.4, 0.5) is 67.2 Å². The molecule has 1 heterocycles. The predicted octanol–water partition coefficient (Wildman–Crippen LogP) is 6.87. The second kappa shape index (κ2) is 16.0. The molecule has 1 N–H and O–H groups in total. The summed E-state index contributed by atoms with van der Waals surface area (Å²) in [6, 6.07) is -1.59. The molecule has 1 fully saturated rings. The summed E-state index contributed by atoms with van der Waals surface area (Å²) in [6.07, 6.45) is -1.75. The van der Waals surface area contributed by atoms with Gasteiger partial charge in [-0.05, 0) is 12.5 Å². The van der Waals surface area contributed by atoms with E-state index in [2.05, 4.69) is 9.95 Å². The number of hydrogen-bond acceptors (Lipinski definition) is 7. The lowest BCUT2D eigenvalue weighted by Gasteiger charge is -2.15. The number of imide groups is 1. The van der Waals surface area contributed by atoms with Gasteiger partial charge in [-0.2, -0.15) is 0 Å². The third kappa shape index (κ3) is 7.83. The molecular weight excluding hydrogens is 768 g/mol. The van der Waals surface area contributed by atoms with E-state index < -0.39 is 146 Å². The molecule has 0 spiro atoms. The molecule has 282 valence electrons. The molecule has 11 nitrogen and oxygen atoms in total. The Hall–Kier alpha value is -6.26. The van der Waals surface area contributed by atoms with Gasteiger partial charge in [-0.1, -0.05) is 5.11 Å². The Morgan fingerprint density at radius 1 is 0.642 bits per heavy atom. The Balaban J connectivity index is 0.000000295. The van der Waals surface area contributed by atoms with Gasteiger partial charge in [0.05, 0.1) is 5.56 Å². The number of Topliss-reactive ketones (excluding diaryl/α,β-unsaturated/α-hetero) is 1. The molecule has 0 radical (unpaired) electrons. The van der Waals surface area contributed by atoms with Crippen molar-refractivity contribution in [1.82, 2.24) is 10.4 Å². The molecule has 3 amide bonds. The van der Waals surface area contributed by atoms with Gasteiger partial charge in [0.2, 0.25) is 11.6 Å². The summed E-state index contributed by atoms with van der Waals surface area (Å²) < 4.78 is 187. The van der Waals surface area contributed by atoms with E-state index in [0.717, 1.165) is 6.92 Å². The Kier molecular flexibility index (Phi) is 12.4. The number of halogens is 14. The predicted molar refractivity (Wildman–Crippen MR) is 140 cm³/mol. The molecule has 1 atom stereocenters. The largest absolute Gasteiger partial charge is 0.370 e. The Morgan fingerprint density at radius 3 is 1.40 bits per heavy atom. The Morgan fingerprint density at radius 2 is 1.00 bits per heavy atom. The van der Waals surface area contributed by atoms with Crippen LogP contribution in [0.25, 0.3) is 10.4 Å². The summed E-state index contributed by atoms with van der Waals surface area (Å²) >= 11 is 0. The van der Waals surface area contributed by atoms with E-state index in [4.69, 9.17) is 5.53 Å². The highest BCUT2D eigenvalue weighted by atomic mass is 19.2. The van der Waals surface area contributed by atoms with E-state index in [1.165, 1.54) is 0 Å². The molecular formula is C28H11F14N5O6. The highest BCUT2D eigenvalue weighted by molar-refractivity contribution is 6.03. The van der Waals surface area contributed by atoms with Crippen molar-refractivity contribution in [3.8, 4) is 0 Å². The van der Waals surface area contributed by atoms with Crippen molar-refractivity contribution < 1.29 is 90.3 Å². The van der Waals surface area contributed by atoms with E-state index in [-0.39, 0.29) is 17.9 Å². The molecule has 0 saturated carbocycles. The topological polar surface area (TPSA) is 159 Å². The van der Waals surface area contributed by atoms with Crippen LogP contribution in [0.5, 0.6) is 0 Å². The first-order valence-electron chi connectivity index (χ1n) is 13.5. The summed E-state index contributed by atoms with van der Waals surface area (Å²) in [5.41, 5.74) is 0.919. The SMILES string of the molecule is CC(CC(=O)c1c(F)c(F)c(F)c(F)c1F)NC(=O)c1c(F)c(F)c(F)c(F)c1F.[N-]=[N+]=Nc1c(F)c(F)c(C(=O)ON2C(=O)CCC2=O)c(F)c1F. The van der Waals surface area contributed by atoms with Crippen LogP contribution in [0.2, 0.25) is 0 Å². The minimum absolute atomic E-state index is 0.0572. The quantitative estimate of drug-likeness (QED) is 0.0384. The minimum atomic E-state index is -2.53. The molecule has 0 aromatic heterocycles. The Labute approximate surface area is 282 Å². The molecule has 0 aliphatic carbocycles. The fourth-order valence-electron chi connectivity index (χ4n) is 4.10. The smallest absolute Gasteiger partial charge is 0.349 e. The first-order chi connectivity index (χ1) is 24.6. The fraction of sp³-hybridized carbons (Fsp3) is 0.179. The molecule has 53 heavy (non-hydrogen) atoms. The van der Waals surface area contributed by atoms with Crippen molar-refractivity contribution in [1.29, 1.82) is 0 Å². The van der Waals surface area contributed by atoms with Crippen LogP contribution >= 0.6 is 0 Å². The zero-order valence-corrected chi connectivity index (χ0v) is 25.2. The minimum Gasteiger partial charge on any atom is -0.349 e. The molecule has 0 bridgehead atoms. The molecule has 1 aliphatic rings. The third-order valence-corrected chi connectivity index (χ3v) is 6.56. The number of carbonyl (C=O) groups excluding carboxylic acids is 5. The number of amides is 3. The average Bonchev–Trinajstić information content (AvgIpc) is 3.41. The Bertz CT molecular complexity index is 1970. The van der Waals surface area contributed by atoms with Crippen molar-refractivity contribution >= 4 is 35.2 Å². The number of nitrogens with one attached hydrogen (secondary N) is 1. The van der Waals surface area contributed by atoms with Crippen LogP contribution in [0.3, 0.4) is 0 Å². The van der Waals surface area contributed by atoms with E-state index in [1.54, 1.807) is 5.32 Å². The summed E-state index contributed by atoms with van der Waals surface area (Å²) in [6.45, 7) is 0.897. The first kappa shape index (κ1) is 41.2. The van der Waals surface area contributed by atoms with Gasteiger partial charge in [-0.25, -0.2) is 66.3 Å². The number of carbonyl (C=O) groups is 5. The van der Waals surface area contributed by atoms with Crippen molar-refractivity contribution in [2.24, 2.45) is 5.11 Å². The number of hydroxylamine groups is 2. The van der Waals surface area contributed by atoms with Gasteiger partial charge in [0, 0.05) is 30.2 Å². The maximum absolute atomic E-state index is 13.7. The van der Waals surface area contributed by atoms with Gasteiger partial charge in [-0.15, -0.1) is 5.06 Å². The molecule has 1 aliphatic heterocycles. The van der Waals surface area contributed by atoms with Crippen LogP contribution < -0.4 is 5.32 Å². The van der Waals surface area contributed by atoms with Crippen molar-refractivity contribution in [2.75, 3.05) is 0 Å². The van der Waals surface area contributed by atoms with Crippen LogP contribution in [0.15, 0.2) is 5.11 Å². The second-order valence-corrected chi connectivity index (χ2v) is 10.0. The van der Waals surface area contributed by atoms with Crippen LogP contribution in [0, 0.1) is 81.4 Å². The summed E-state index contributed by atoms with van der Waals surface area (Å²) in [4.78, 5) is 64.0. The summed E-state index contributed by atoms with van der Waals surface area (Å²) in [5.74, 6) is -40.8. The number of nitrogens with zero attached hydrogens (tertiary/aromatic N) is 4. The summed E-state index contributed by atoms with van der Waals surface area (Å²) in [7, 11) is 0. The molecule has 25 heteroatoms. The highest BCUT2D eigenvalue weighted by Crippen LogP contribution is 2.31. The van der Waals surface area contributed by atoms with Crippen molar-refractivity contribution in [3.05, 3.63) is 109 Å². The van der Waals surface area contributed by atoms with Crippen LogP contribution in [0.1, 0.15) is 57.3 Å². The second-order valence-electron chi connectivity index (χ2n) is 10.0. The average molecular weight is 779 g/mol. The lowest BCUT2D eigenvalue weighted by Crippen LogP contribution is -2.36. The summed E-state index contributed by atoms with van der Waals surface area (Å²) in [5, 5.41) is 4.01. The van der Waals surface area contributed by atoms with Gasteiger partial charge in [0.25, 0.3) is 17.7 Å². The maximum Gasteiger partial charge on any atom is 0.370 e. The fourth-order valence-corrected chi connectivity index (χ4v) is 4.10.